The van der Waals surface area contributed by atoms with Crippen molar-refractivity contribution in [1.29, 1.82) is 0 Å². The minimum absolute atomic E-state index is 0.176. The monoisotopic (exact) mass is 354 g/mol. The smallest absolute Gasteiger partial charge is 0.326 e. The van der Waals surface area contributed by atoms with Crippen molar-refractivity contribution in [3.63, 3.8) is 0 Å². The fourth-order valence-corrected chi connectivity index (χ4v) is 2.68. The van der Waals surface area contributed by atoms with Crippen molar-refractivity contribution in [3.8, 4) is 0 Å². The molecule has 0 fully saturated rings. The third-order valence-corrected chi connectivity index (χ3v) is 4.25. The van der Waals surface area contributed by atoms with Gasteiger partial charge in [0.15, 0.2) is 0 Å². The van der Waals surface area contributed by atoms with Gasteiger partial charge < -0.3 is 16.2 Å². The molecule has 0 aromatic heterocycles. The van der Waals surface area contributed by atoms with E-state index in [1.54, 1.807) is 0 Å². The van der Waals surface area contributed by atoms with E-state index >= 15 is 0 Å². The Hall–Kier alpha value is -1.36. The number of nitrogens with one attached hydrogen (secondary N) is 1. The summed E-state index contributed by atoms with van der Waals surface area (Å²) in [6.45, 7) is 2.78. The van der Waals surface area contributed by atoms with Crippen molar-refractivity contribution in [2.45, 2.75) is 96.4 Å². The van der Waals surface area contributed by atoms with Crippen LogP contribution in [-0.4, -0.2) is 29.6 Å². The van der Waals surface area contributed by atoms with Gasteiger partial charge in [0.1, 0.15) is 6.04 Å². The Kier molecular flexibility index (Phi) is 16.5. The van der Waals surface area contributed by atoms with Gasteiger partial charge in [-0.05, 0) is 51.5 Å². The molecule has 0 aromatic carbocycles. The topological polar surface area (TPSA) is 92.4 Å². The van der Waals surface area contributed by atoms with Crippen LogP contribution in [0.15, 0.2) is 12.2 Å². The number of hydrogen-bond donors (Lipinski definition) is 3. The van der Waals surface area contributed by atoms with Gasteiger partial charge in [0.05, 0.1) is 0 Å². The maximum atomic E-state index is 11.8. The molecule has 0 rings (SSSR count). The molecule has 1 unspecified atom stereocenters. The zero-order valence-electron chi connectivity index (χ0n) is 16.0. The van der Waals surface area contributed by atoms with Crippen LogP contribution in [0.3, 0.4) is 0 Å². The van der Waals surface area contributed by atoms with Gasteiger partial charge in [-0.25, -0.2) is 4.79 Å². The van der Waals surface area contributed by atoms with Crippen LogP contribution >= 0.6 is 0 Å². The molecule has 0 radical (unpaired) electrons. The third-order valence-electron chi connectivity index (χ3n) is 4.25. The summed E-state index contributed by atoms with van der Waals surface area (Å²) in [6.07, 6.45) is 17.2. The number of carboxylic acid groups (broad SMARTS) is 1. The normalized spacial score (nSPS) is 12.4. The van der Waals surface area contributed by atoms with Gasteiger partial charge in [-0.3, -0.25) is 4.79 Å². The lowest BCUT2D eigenvalue weighted by Gasteiger charge is -2.14. The third kappa shape index (κ3) is 15.9. The molecule has 5 nitrogen and oxygen atoms in total. The molecule has 1 atom stereocenters. The van der Waals surface area contributed by atoms with E-state index in [0.29, 0.717) is 19.4 Å². The number of carboxylic acids is 1. The van der Waals surface area contributed by atoms with Gasteiger partial charge in [-0.1, -0.05) is 51.2 Å². The SMILES string of the molecule is CCCCCCCCC=CCCCC(=O)NC(CCCCN)C(=O)O. The average Bonchev–Trinajstić information content (AvgIpc) is 2.58. The van der Waals surface area contributed by atoms with Crippen LogP contribution < -0.4 is 11.1 Å². The predicted molar refractivity (Wildman–Crippen MR) is 103 cm³/mol. The lowest BCUT2D eigenvalue weighted by molar-refractivity contribution is -0.142. The molecule has 0 heterocycles. The van der Waals surface area contributed by atoms with E-state index in [1.165, 1.54) is 38.5 Å². The number of unbranched alkanes of at least 4 members (excludes halogenated alkanes) is 8. The number of rotatable bonds is 17. The summed E-state index contributed by atoms with van der Waals surface area (Å²) in [5.41, 5.74) is 5.40. The average molecular weight is 355 g/mol. The summed E-state index contributed by atoms with van der Waals surface area (Å²) in [7, 11) is 0. The van der Waals surface area contributed by atoms with E-state index in [-0.39, 0.29) is 5.91 Å². The van der Waals surface area contributed by atoms with Gasteiger partial charge >= 0.3 is 5.97 Å². The minimum atomic E-state index is -0.968. The highest BCUT2D eigenvalue weighted by Gasteiger charge is 2.18. The Morgan fingerprint density at radius 3 is 2.24 bits per heavy atom. The van der Waals surface area contributed by atoms with Crippen LogP contribution in [0.1, 0.15) is 90.4 Å². The Balaban J connectivity index is 3.66. The number of carbonyl (C=O) groups is 2. The van der Waals surface area contributed by atoms with Gasteiger partial charge in [0.2, 0.25) is 5.91 Å². The van der Waals surface area contributed by atoms with Crippen molar-refractivity contribution in [1.82, 2.24) is 5.32 Å². The van der Waals surface area contributed by atoms with Crippen molar-refractivity contribution in [2.75, 3.05) is 6.54 Å². The summed E-state index contributed by atoms with van der Waals surface area (Å²) in [5.74, 6) is -1.14. The molecule has 25 heavy (non-hydrogen) atoms. The highest BCUT2D eigenvalue weighted by molar-refractivity contribution is 5.83. The summed E-state index contributed by atoms with van der Waals surface area (Å²) in [5, 5.41) is 11.7. The zero-order chi connectivity index (χ0) is 18.8. The standard InChI is InChI=1S/C20H38N2O3/c1-2-3-4-5-6-7-8-9-10-11-12-16-19(23)22-18(20(24)25)15-13-14-17-21/h9-10,18H,2-8,11-17,21H2,1H3,(H,22,23)(H,24,25). The Morgan fingerprint density at radius 2 is 1.60 bits per heavy atom. The van der Waals surface area contributed by atoms with E-state index in [4.69, 9.17) is 10.8 Å². The van der Waals surface area contributed by atoms with Gasteiger partial charge in [-0.2, -0.15) is 0 Å². The van der Waals surface area contributed by atoms with Crippen LogP contribution in [0.25, 0.3) is 0 Å². The highest BCUT2D eigenvalue weighted by atomic mass is 16.4. The number of carbonyl (C=O) groups excluding carboxylic acids is 1. The summed E-state index contributed by atoms with van der Waals surface area (Å²) >= 11 is 0. The maximum Gasteiger partial charge on any atom is 0.326 e. The van der Waals surface area contributed by atoms with Crippen molar-refractivity contribution >= 4 is 11.9 Å². The van der Waals surface area contributed by atoms with Crippen LogP contribution in [-0.2, 0) is 9.59 Å². The first-order valence-corrected chi connectivity index (χ1v) is 9.99. The number of nitrogens with two attached hydrogens (primary N) is 1. The molecular formula is C20H38N2O3. The lowest BCUT2D eigenvalue weighted by atomic mass is 10.1. The predicted octanol–water partition coefficient (Wildman–Crippen LogP) is 4.16. The molecule has 0 bridgehead atoms. The van der Waals surface area contributed by atoms with Crippen LogP contribution in [0.5, 0.6) is 0 Å². The molecule has 146 valence electrons. The van der Waals surface area contributed by atoms with E-state index < -0.39 is 12.0 Å². The summed E-state index contributed by atoms with van der Waals surface area (Å²) in [6, 6.07) is -0.790. The van der Waals surface area contributed by atoms with Gasteiger partial charge in [0, 0.05) is 6.42 Å². The molecule has 0 saturated heterocycles. The van der Waals surface area contributed by atoms with E-state index in [1.807, 2.05) is 0 Å². The largest absolute Gasteiger partial charge is 0.480 e. The van der Waals surface area contributed by atoms with Crippen molar-refractivity contribution in [3.05, 3.63) is 12.2 Å². The van der Waals surface area contributed by atoms with E-state index in [0.717, 1.165) is 32.1 Å². The second-order valence-electron chi connectivity index (χ2n) is 6.66. The zero-order valence-corrected chi connectivity index (χ0v) is 16.0. The summed E-state index contributed by atoms with van der Waals surface area (Å²) in [4.78, 5) is 23.0. The van der Waals surface area contributed by atoms with E-state index in [9.17, 15) is 9.59 Å². The molecule has 0 aliphatic heterocycles. The molecule has 0 spiro atoms. The van der Waals surface area contributed by atoms with Crippen LogP contribution in [0, 0.1) is 0 Å². The fraction of sp³-hybridized carbons (Fsp3) is 0.800. The number of amides is 1. The van der Waals surface area contributed by atoms with E-state index in [2.05, 4.69) is 24.4 Å². The molecule has 0 aliphatic carbocycles. The molecule has 0 saturated carbocycles. The quantitative estimate of drug-likeness (QED) is 0.270. The summed E-state index contributed by atoms with van der Waals surface area (Å²) < 4.78 is 0. The number of aliphatic carboxylic acids is 1. The first-order chi connectivity index (χ1) is 12.1. The molecule has 1 amide bonds. The fourth-order valence-electron chi connectivity index (χ4n) is 2.68. The van der Waals surface area contributed by atoms with Crippen LogP contribution in [0.2, 0.25) is 0 Å². The molecule has 0 aliphatic rings. The number of hydrogen-bond acceptors (Lipinski definition) is 3. The lowest BCUT2D eigenvalue weighted by Crippen LogP contribution is -2.40. The van der Waals surface area contributed by atoms with Gasteiger partial charge in [0.25, 0.3) is 0 Å². The Labute approximate surface area is 153 Å². The molecule has 0 aromatic rings. The van der Waals surface area contributed by atoms with Crippen molar-refractivity contribution < 1.29 is 14.7 Å². The highest BCUT2D eigenvalue weighted by Crippen LogP contribution is 2.08. The van der Waals surface area contributed by atoms with Crippen LogP contribution in [0.4, 0.5) is 0 Å². The number of allylic oxidation sites excluding steroid dienone is 2. The second-order valence-corrected chi connectivity index (χ2v) is 6.66. The van der Waals surface area contributed by atoms with Gasteiger partial charge in [-0.15, -0.1) is 0 Å². The second kappa shape index (κ2) is 17.5. The molecular weight excluding hydrogens is 316 g/mol. The van der Waals surface area contributed by atoms with Crippen molar-refractivity contribution in [2.24, 2.45) is 5.73 Å². The Morgan fingerprint density at radius 1 is 0.960 bits per heavy atom. The molecule has 5 heteroatoms. The minimum Gasteiger partial charge on any atom is -0.480 e. The first kappa shape index (κ1) is 23.6. The maximum absolute atomic E-state index is 11.8. The Bertz CT molecular complexity index is 370. The first-order valence-electron chi connectivity index (χ1n) is 9.99. The molecule has 4 N–H and O–H groups in total.